The van der Waals surface area contributed by atoms with Gasteiger partial charge >= 0.3 is 10.3 Å². The van der Waals surface area contributed by atoms with Gasteiger partial charge in [0.15, 0.2) is 0 Å². The quantitative estimate of drug-likeness (QED) is 0.863. The molecular weight excluding hydrogens is 228 g/mol. The van der Waals surface area contributed by atoms with Crippen LogP contribution in [0.1, 0.15) is 5.56 Å². The third-order valence-corrected chi connectivity index (χ3v) is 2.50. The minimum Gasteiger partial charge on any atom is -0.256 e. The maximum atomic E-state index is 10.6. The number of pyridine rings is 1. The van der Waals surface area contributed by atoms with Gasteiger partial charge in [0.1, 0.15) is 0 Å². The van der Waals surface area contributed by atoms with E-state index in [0.717, 1.165) is 16.5 Å². The summed E-state index contributed by atoms with van der Waals surface area (Å²) in [7, 11) is -3.89. The summed E-state index contributed by atoms with van der Waals surface area (Å²) in [6.45, 7) is -0.0658. The lowest BCUT2D eigenvalue weighted by atomic mass is 10.1. The van der Waals surface area contributed by atoms with Gasteiger partial charge in [0.05, 0.1) is 12.1 Å². The zero-order valence-corrected chi connectivity index (χ0v) is 9.15. The van der Waals surface area contributed by atoms with E-state index in [9.17, 15) is 8.42 Å². The van der Waals surface area contributed by atoms with Gasteiger partial charge in [0.2, 0.25) is 0 Å². The Balaban J connectivity index is 2.26. The lowest BCUT2D eigenvalue weighted by Crippen LogP contribution is -2.15. The highest BCUT2D eigenvalue weighted by molar-refractivity contribution is 7.84. The highest BCUT2D eigenvalue weighted by Gasteiger charge is 2.03. The fraction of sp³-hybridized carbons (Fsp3) is 0.100. The Bertz CT molecular complexity index is 610. The molecule has 0 atom stereocenters. The SMILES string of the molecule is NS(=O)(=O)OCc1ccc2ncccc2c1. The van der Waals surface area contributed by atoms with Crippen LogP contribution in [0.2, 0.25) is 0 Å². The molecule has 0 amide bonds. The van der Waals surface area contributed by atoms with Crippen LogP contribution in [0.3, 0.4) is 0 Å². The smallest absolute Gasteiger partial charge is 0.256 e. The second kappa shape index (κ2) is 4.17. The van der Waals surface area contributed by atoms with Gasteiger partial charge in [-0.1, -0.05) is 12.1 Å². The Hall–Kier alpha value is -1.50. The maximum Gasteiger partial charge on any atom is 0.333 e. The van der Waals surface area contributed by atoms with Gasteiger partial charge in [-0.2, -0.15) is 8.42 Å². The Kier molecular flexibility index (Phi) is 2.86. The second-order valence-electron chi connectivity index (χ2n) is 3.29. The molecule has 2 aromatic rings. The number of hydrogen-bond acceptors (Lipinski definition) is 4. The summed E-state index contributed by atoms with van der Waals surface area (Å²) in [5.41, 5.74) is 1.58. The van der Waals surface area contributed by atoms with Crippen LogP contribution < -0.4 is 5.14 Å². The molecule has 0 aliphatic rings. The Morgan fingerprint density at radius 3 is 2.88 bits per heavy atom. The molecule has 0 saturated carbocycles. The molecule has 1 heterocycles. The first-order chi connectivity index (χ1) is 7.54. The predicted octanol–water partition coefficient (Wildman–Crippen LogP) is 0.955. The van der Waals surface area contributed by atoms with Gasteiger partial charge < -0.3 is 0 Å². The van der Waals surface area contributed by atoms with E-state index in [4.69, 9.17) is 5.14 Å². The van der Waals surface area contributed by atoms with Gasteiger partial charge in [0, 0.05) is 11.6 Å². The van der Waals surface area contributed by atoms with Crippen molar-refractivity contribution in [1.82, 2.24) is 4.98 Å². The average Bonchev–Trinajstić information content (AvgIpc) is 2.25. The highest BCUT2D eigenvalue weighted by Crippen LogP contribution is 2.14. The fourth-order valence-corrected chi connectivity index (χ4v) is 1.67. The van der Waals surface area contributed by atoms with Crippen LogP contribution in [0.15, 0.2) is 36.5 Å². The Labute approximate surface area is 93.1 Å². The minimum absolute atomic E-state index is 0.0658. The zero-order valence-electron chi connectivity index (χ0n) is 8.33. The number of nitrogens with zero attached hydrogens (tertiary/aromatic N) is 1. The molecule has 2 rings (SSSR count). The van der Waals surface area contributed by atoms with Crippen LogP contribution in [0.25, 0.3) is 10.9 Å². The number of fused-ring (bicyclic) bond motifs is 1. The molecule has 0 bridgehead atoms. The molecule has 0 spiro atoms. The van der Waals surface area contributed by atoms with Crippen molar-refractivity contribution in [3.8, 4) is 0 Å². The van der Waals surface area contributed by atoms with Crippen molar-refractivity contribution in [2.75, 3.05) is 0 Å². The summed E-state index contributed by atoms with van der Waals surface area (Å²) in [4.78, 5) is 4.15. The molecule has 2 N–H and O–H groups in total. The first-order valence-corrected chi connectivity index (χ1v) is 6.02. The first-order valence-electron chi connectivity index (χ1n) is 4.55. The van der Waals surface area contributed by atoms with Crippen LogP contribution in [0, 0.1) is 0 Å². The summed E-state index contributed by atoms with van der Waals surface area (Å²) in [6, 6.07) is 9.07. The molecule has 84 valence electrons. The molecule has 0 unspecified atom stereocenters. The number of nitrogens with two attached hydrogens (primary N) is 1. The molecule has 1 aromatic carbocycles. The number of hydrogen-bond donors (Lipinski definition) is 1. The maximum absolute atomic E-state index is 10.6. The number of aromatic nitrogens is 1. The molecule has 0 radical (unpaired) electrons. The second-order valence-corrected chi connectivity index (χ2v) is 4.51. The van der Waals surface area contributed by atoms with Gasteiger partial charge in [0.25, 0.3) is 0 Å². The van der Waals surface area contributed by atoms with Gasteiger partial charge in [-0.05, 0) is 23.8 Å². The van der Waals surface area contributed by atoms with Crippen molar-refractivity contribution in [1.29, 1.82) is 0 Å². The average molecular weight is 238 g/mol. The van der Waals surface area contributed by atoms with E-state index in [1.807, 2.05) is 18.2 Å². The van der Waals surface area contributed by atoms with Gasteiger partial charge in [-0.3, -0.25) is 9.17 Å². The number of rotatable bonds is 3. The van der Waals surface area contributed by atoms with E-state index in [1.165, 1.54) is 0 Å². The fourth-order valence-electron chi connectivity index (χ4n) is 1.37. The third kappa shape index (κ3) is 2.75. The summed E-state index contributed by atoms with van der Waals surface area (Å²) < 4.78 is 25.7. The van der Waals surface area contributed by atoms with Crippen LogP contribution >= 0.6 is 0 Å². The molecule has 0 aliphatic heterocycles. The van der Waals surface area contributed by atoms with Crippen molar-refractivity contribution in [2.24, 2.45) is 5.14 Å². The molecule has 0 fully saturated rings. The first kappa shape index (κ1) is 11.0. The van der Waals surface area contributed by atoms with E-state index in [0.29, 0.717) is 0 Å². The molecule has 6 heteroatoms. The van der Waals surface area contributed by atoms with E-state index < -0.39 is 10.3 Å². The van der Waals surface area contributed by atoms with Crippen LogP contribution in [-0.2, 0) is 21.1 Å². The van der Waals surface area contributed by atoms with E-state index in [2.05, 4.69) is 9.17 Å². The summed E-state index contributed by atoms with van der Waals surface area (Å²) >= 11 is 0. The van der Waals surface area contributed by atoms with Gasteiger partial charge in [-0.15, -0.1) is 0 Å². The van der Waals surface area contributed by atoms with E-state index in [-0.39, 0.29) is 6.61 Å². The molecular formula is C10H10N2O3S. The number of benzene rings is 1. The normalized spacial score (nSPS) is 11.8. The van der Waals surface area contributed by atoms with Crippen molar-refractivity contribution >= 4 is 21.2 Å². The lowest BCUT2D eigenvalue weighted by molar-refractivity contribution is 0.309. The van der Waals surface area contributed by atoms with Gasteiger partial charge in [-0.25, -0.2) is 5.14 Å². The van der Waals surface area contributed by atoms with Crippen molar-refractivity contribution in [3.05, 3.63) is 42.1 Å². The largest absolute Gasteiger partial charge is 0.333 e. The predicted molar refractivity (Wildman–Crippen MR) is 59.6 cm³/mol. The molecule has 16 heavy (non-hydrogen) atoms. The monoisotopic (exact) mass is 238 g/mol. The Morgan fingerprint density at radius 1 is 1.31 bits per heavy atom. The van der Waals surface area contributed by atoms with Crippen molar-refractivity contribution in [3.63, 3.8) is 0 Å². The van der Waals surface area contributed by atoms with E-state index >= 15 is 0 Å². The van der Waals surface area contributed by atoms with Crippen molar-refractivity contribution in [2.45, 2.75) is 6.61 Å². The zero-order chi connectivity index (χ0) is 11.6. The molecule has 5 nitrogen and oxygen atoms in total. The van der Waals surface area contributed by atoms with Crippen molar-refractivity contribution < 1.29 is 12.6 Å². The topological polar surface area (TPSA) is 82.3 Å². The summed E-state index contributed by atoms with van der Waals surface area (Å²) in [5.74, 6) is 0. The van der Waals surface area contributed by atoms with Crippen LogP contribution in [0.4, 0.5) is 0 Å². The Morgan fingerprint density at radius 2 is 2.12 bits per heavy atom. The standard InChI is InChI=1S/C10H10N2O3S/c11-16(13,14)15-7-8-3-4-10-9(6-8)2-1-5-12-10/h1-6H,7H2,(H2,11,13,14). The third-order valence-electron chi connectivity index (χ3n) is 2.06. The summed E-state index contributed by atoms with van der Waals surface area (Å²) in [6.07, 6.45) is 1.70. The van der Waals surface area contributed by atoms with Crippen LogP contribution in [-0.4, -0.2) is 13.4 Å². The summed E-state index contributed by atoms with van der Waals surface area (Å²) in [5, 5.41) is 5.66. The minimum atomic E-state index is -3.89. The van der Waals surface area contributed by atoms with Crippen LogP contribution in [0.5, 0.6) is 0 Å². The molecule has 1 aromatic heterocycles. The molecule has 0 saturated heterocycles. The lowest BCUT2D eigenvalue weighted by Gasteiger charge is -2.02. The highest BCUT2D eigenvalue weighted by atomic mass is 32.2. The van der Waals surface area contributed by atoms with E-state index in [1.54, 1.807) is 18.3 Å². The molecule has 0 aliphatic carbocycles.